The Morgan fingerprint density at radius 2 is 2.00 bits per heavy atom. The molecule has 0 fully saturated rings. The molecule has 19 heavy (non-hydrogen) atoms. The molecule has 0 amide bonds. The molecule has 0 radical (unpaired) electrons. The Labute approximate surface area is 116 Å². The monoisotopic (exact) mass is 253 g/mol. The predicted octanol–water partition coefficient (Wildman–Crippen LogP) is 4.62. The number of rotatable bonds is 4. The minimum absolute atomic E-state index is 1.13. The van der Waals surface area contributed by atoms with E-state index in [1.165, 1.54) is 48.1 Å². The molecule has 2 heterocycles. The van der Waals surface area contributed by atoms with Gasteiger partial charge in [0.15, 0.2) is 0 Å². The molecule has 3 rings (SSSR count). The van der Waals surface area contributed by atoms with Gasteiger partial charge in [-0.1, -0.05) is 44.5 Å². The largest absolute Gasteiger partial charge is 0.344 e. The second-order valence-electron chi connectivity index (χ2n) is 5.53. The van der Waals surface area contributed by atoms with Crippen LogP contribution in [0.15, 0.2) is 30.3 Å². The van der Waals surface area contributed by atoms with Crippen LogP contribution in [-0.2, 0) is 25.8 Å². The van der Waals surface area contributed by atoms with Gasteiger partial charge in [-0.25, -0.2) is 0 Å². The van der Waals surface area contributed by atoms with Crippen molar-refractivity contribution in [1.29, 1.82) is 0 Å². The Balaban J connectivity index is 2.11. The molecule has 1 aromatic heterocycles. The lowest BCUT2D eigenvalue weighted by molar-refractivity contribution is 0.636. The average molecular weight is 253 g/mol. The van der Waals surface area contributed by atoms with Crippen molar-refractivity contribution in [2.75, 3.05) is 0 Å². The van der Waals surface area contributed by atoms with Gasteiger partial charge in [0.2, 0.25) is 0 Å². The van der Waals surface area contributed by atoms with Crippen LogP contribution in [-0.4, -0.2) is 4.57 Å². The van der Waals surface area contributed by atoms with E-state index in [-0.39, 0.29) is 0 Å². The third-order valence-electron chi connectivity index (χ3n) is 4.31. The van der Waals surface area contributed by atoms with Gasteiger partial charge >= 0.3 is 0 Å². The van der Waals surface area contributed by atoms with E-state index in [1.807, 2.05) is 0 Å². The molecule has 0 saturated heterocycles. The van der Waals surface area contributed by atoms with Crippen LogP contribution in [0.5, 0.6) is 0 Å². The first kappa shape index (κ1) is 12.5. The zero-order valence-corrected chi connectivity index (χ0v) is 12.1. The van der Waals surface area contributed by atoms with Crippen molar-refractivity contribution in [3.05, 3.63) is 47.2 Å². The molecule has 1 heteroatoms. The summed E-state index contributed by atoms with van der Waals surface area (Å²) in [6, 6.07) is 11.4. The highest BCUT2D eigenvalue weighted by atomic mass is 15.0. The van der Waals surface area contributed by atoms with Crippen molar-refractivity contribution >= 4 is 0 Å². The van der Waals surface area contributed by atoms with Crippen LogP contribution < -0.4 is 0 Å². The fourth-order valence-corrected chi connectivity index (χ4v) is 3.27. The molecule has 2 aromatic rings. The van der Waals surface area contributed by atoms with Crippen LogP contribution >= 0.6 is 0 Å². The highest BCUT2D eigenvalue weighted by molar-refractivity contribution is 5.70. The summed E-state index contributed by atoms with van der Waals surface area (Å²) in [5, 5.41) is 0. The van der Waals surface area contributed by atoms with Crippen LogP contribution in [0.25, 0.3) is 11.3 Å². The second-order valence-corrected chi connectivity index (χ2v) is 5.53. The van der Waals surface area contributed by atoms with Gasteiger partial charge in [0.25, 0.3) is 0 Å². The molecule has 1 aromatic carbocycles. The molecule has 0 saturated carbocycles. The summed E-state index contributed by atoms with van der Waals surface area (Å²) in [7, 11) is 0. The average Bonchev–Trinajstić information content (AvgIpc) is 2.83. The van der Waals surface area contributed by atoms with Gasteiger partial charge in [-0.05, 0) is 42.9 Å². The Bertz CT molecular complexity index is 577. The fraction of sp³-hybridized carbons (Fsp3) is 0.444. The van der Waals surface area contributed by atoms with Gasteiger partial charge in [0, 0.05) is 17.8 Å². The second kappa shape index (κ2) is 5.24. The van der Waals surface area contributed by atoms with Crippen LogP contribution in [0.2, 0.25) is 0 Å². The molecule has 0 atom stereocenters. The van der Waals surface area contributed by atoms with Gasteiger partial charge in [-0.3, -0.25) is 0 Å². The highest BCUT2D eigenvalue weighted by Crippen LogP contribution is 2.35. The topological polar surface area (TPSA) is 4.93 Å². The molecule has 0 unspecified atom stereocenters. The molecular formula is C18H23N. The maximum Gasteiger partial charge on any atom is 0.0517 e. The normalized spacial score (nSPS) is 13.2. The zero-order valence-electron chi connectivity index (χ0n) is 12.1. The summed E-state index contributed by atoms with van der Waals surface area (Å²) < 4.78 is 2.58. The third-order valence-corrected chi connectivity index (χ3v) is 4.31. The first-order chi connectivity index (χ1) is 9.35. The summed E-state index contributed by atoms with van der Waals surface area (Å²) in [6.45, 7) is 5.71. The zero-order chi connectivity index (χ0) is 13.2. The molecule has 1 aliphatic rings. The summed E-state index contributed by atoms with van der Waals surface area (Å²) in [5.74, 6) is 0. The van der Waals surface area contributed by atoms with E-state index in [1.54, 1.807) is 5.69 Å². The van der Waals surface area contributed by atoms with E-state index in [0.717, 1.165) is 13.0 Å². The van der Waals surface area contributed by atoms with E-state index in [4.69, 9.17) is 0 Å². The quantitative estimate of drug-likeness (QED) is 0.749. The fourth-order valence-electron chi connectivity index (χ4n) is 3.27. The summed E-state index contributed by atoms with van der Waals surface area (Å²) >= 11 is 0. The Kier molecular flexibility index (Phi) is 3.46. The smallest absolute Gasteiger partial charge is 0.0517 e. The number of hydrogen-bond acceptors (Lipinski definition) is 0. The van der Waals surface area contributed by atoms with Gasteiger partial charge in [-0.15, -0.1) is 0 Å². The van der Waals surface area contributed by atoms with E-state index in [9.17, 15) is 0 Å². The van der Waals surface area contributed by atoms with Gasteiger partial charge < -0.3 is 4.57 Å². The SMILES string of the molecule is CCCCc1cc(CC)c2n1CCc1ccccc1-2. The van der Waals surface area contributed by atoms with Crippen molar-refractivity contribution in [3.63, 3.8) is 0 Å². The highest BCUT2D eigenvalue weighted by Gasteiger charge is 2.21. The van der Waals surface area contributed by atoms with Crippen LogP contribution in [0.1, 0.15) is 43.5 Å². The van der Waals surface area contributed by atoms with Gasteiger partial charge in [0.05, 0.1) is 5.69 Å². The van der Waals surface area contributed by atoms with Gasteiger partial charge in [0.1, 0.15) is 0 Å². The Morgan fingerprint density at radius 3 is 2.79 bits per heavy atom. The molecular weight excluding hydrogens is 230 g/mol. The van der Waals surface area contributed by atoms with E-state index in [2.05, 4.69) is 48.7 Å². The molecule has 0 aliphatic carbocycles. The van der Waals surface area contributed by atoms with Crippen LogP contribution in [0, 0.1) is 0 Å². The Hall–Kier alpha value is -1.50. The summed E-state index contributed by atoms with van der Waals surface area (Å²) in [4.78, 5) is 0. The minimum Gasteiger partial charge on any atom is -0.344 e. The lowest BCUT2D eigenvalue weighted by atomic mass is 9.96. The van der Waals surface area contributed by atoms with Crippen molar-refractivity contribution in [2.45, 2.75) is 52.5 Å². The van der Waals surface area contributed by atoms with Crippen LogP contribution in [0.3, 0.4) is 0 Å². The van der Waals surface area contributed by atoms with Crippen molar-refractivity contribution < 1.29 is 0 Å². The molecule has 100 valence electrons. The Morgan fingerprint density at radius 1 is 1.16 bits per heavy atom. The molecule has 0 bridgehead atoms. The van der Waals surface area contributed by atoms with Crippen molar-refractivity contribution in [2.24, 2.45) is 0 Å². The van der Waals surface area contributed by atoms with E-state index >= 15 is 0 Å². The minimum atomic E-state index is 1.13. The van der Waals surface area contributed by atoms with E-state index < -0.39 is 0 Å². The van der Waals surface area contributed by atoms with E-state index in [0.29, 0.717) is 0 Å². The van der Waals surface area contributed by atoms with Gasteiger partial charge in [-0.2, -0.15) is 0 Å². The van der Waals surface area contributed by atoms with Crippen molar-refractivity contribution in [3.8, 4) is 11.3 Å². The first-order valence-electron chi connectivity index (χ1n) is 7.64. The molecule has 0 N–H and O–H groups in total. The van der Waals surface area contributed by atoms with Crippen molar-refractivity contribution in [1.82, 2.24) is 4.57 Å². The number of aromatic nitrogens is 1. The number of unbranched alkanes of at least 4 members (excludes halogenated alkanes) is 1. The molecule has 1 aliphatic heterocycles. The summed E-state index contributed by atoms with van der Waals surface area (Å²) in [6.07, 6.45) is 6.12. The number of nitrogens with zero attached hydrogens (tertiary/aromatic N) is 1. The standard InChI is InChI=1S/C18H23N/c1-3-5-9-16-13-14(4-2)18-17-10-7-6-8-15(17)11-12-19(16)18/h6-8,10,13H,3-5,9,11-12H2,1-2H3. The lowest BCUT2D eigenvalue weighted by Gasteiger charge is -2.22. The predicted molar refractivity (Wildman–Crippen MR) is 81.6 cm³/mol. The first-order valence-corrected chi connectivity index (χ1v) is 7.64. The maximum atomic E-state index is 2.58. The number of fused-ring (bicyclic) bond motifs is 3. The maximum absolute atomic E-state index is 2.58. The lowest BCUT2D eigenvalue weighted by Crippen LogP contribution is -2.13. The number of hydrogen-bond donors (Lipinski definition) is 0. The third kappa shape index (κ3) is 2.11. The molecule has 0 spiro atoms. The molecule has 1 nitrogen and oxygen atoms in total. The number of benzene rings is 1. The number of aryl methyl sites for hydroxylation is 3. The summed E-state index contributed by atoms with van der Waals surface area (Å²) in [5.41, 5.74) is 7.55. The van der Waals surface area contributed by atoms with Crippen LogP contribution in [0.4, 0.5) is 0 Å².